The lowest BCUT2D eigenvalue weighted by Gasteiger charge is -2.23. The second-order valence-electron chi connectivity index (χ2n) is 8.28. The minimum Gasteiger partial charge on any atom is -0.318 e. The van der Waals surface area contributed by atoms with Crippen molar-refractivity contribution in [3.05, 3.63) is 81.9 Å². The average Bonchev–Trinajstić information content (AvgIpc) is 3.01. The minimum atomic E-state index is -0.788. The Bertz CT molecular complexity index is 1160. The molecule has 134 valence electrons. The van der Waals surface area contributed by atoms with Gasteiger partial charge in [0.1, 0.15) is 5.54 Å². The molecule has 27 heavy (non-hydrogen) atoms. The third kappa shape index (κ3) is 1.90. The van der Waals surface area contributed by atoms with Crippen LogP contribution < -0.4 is 16.9 Å². The van der Waals surface area contributed by atoms with E-state index in [1.807, 2.05) is 0 Å². The summed E-state index contributed by atoms with van der Waals surface area (Å²) in [5, 5.41) is 6.09. The van der Waals surface area contributed by atoms with Crippen molar-refractivity contribution in [2.24, 2.45) is 11.5 Å². The summed E-state index contributed by atoms with van der Waals surface area (Å²) in [7, 11) is 0. The molecule has 2 aliphatic carbocycles. The van der Waals surface area contributed by atoms with Crippen LogP contribution in [-0.4, -0.2) is 6.21 Å². The highest BCUT2D eigenvalue weighted by Gasteiger charge is 2.44. The van der Waals surface area contributed by atoms with Gasteiger partial charge in [-0.05, 0) is 77.4 Å². The van der Waals surface area contributed by atoms with Gasteiger partial charge in [-0.3, -0.25) is 5.41 Å². The molecule has 0 aliphatic heterocycles. The third-order valence-corrected chi connectivity index (χ3v) is 6.36. The summed E-state index contributed by atoms with van der Waals surface area (Å²) >= 11 is 0. The zero-order valence-electron chi connectivity index (χ0n) is 15.9. The zero-order valence-corrected chi connectivity index (χ0v) is 15.9. The van der Waals surface area contributed by atoms with Crippen molar-refractivity contribution in [3.8, 4) is 22.3 Å². The molecule has 2 aliphatic rings. The molecule has 0 aromatic heterocycles. The van der Waals surface area contributed by atoms with Crippen LogP contribution in [0.5, 0.6) is 0 Å². The van der Waals surface area contributed by atoms with Crippen molar-refractivity contribution < 1.29 is 5.41 Å². The van der Waals surface area contributed by atoms with Gasteiger partial charge in [-0.1, -0.05) is 47.5 Å². The fourth-order valence-corrected chi connectivity index (χ4v) is 4.84. The molecule has 2 unspecified atom stereocenters. The Kier molecular flexibility index (Phi) is 3.01. The van der Waals surface area contributed by atoms with E-state index in [0.717, 1.165) is 33.4 Å². The van der Waals surface area contributed by atoms with Gasteiger partial charge in [0.15, 0.2) is 6.21 Å². The number of rotatable bonds is 1. The lowest BCUT2D eigenvalue weighted by atomic mass is 9.86. The van der Waals surface area contributed by atoms with E-state index in [2.05, 4.69) is 69.3 Å². The molecule has 0 spiro atoms. The maximum Gasteiger partial charge on any atom is 0.165 e. The van der Waals surface area contributed by atoms with Crippen LogP contribution in [0, 0.1) is 13.8 Å². The quantitative estimate of drug-likeness (QED) is 0.587. The summed E-state index contributed by atoms with van der Waals surface area (Å²) in [6.45, 7) is 6.28. The predicted molar refractivity (Wildman–Crippen MR) is 110 cm³/mol. The van der Waals surface area contributed by atoms with Gasteiger partial charge in [0.2, 0.25) is 0 Å². The van der Waals surface area contributed by atoms with Gasteiger partial charge in [-0.25, -0.2) is 0 Å². The molecule has 3 nitrogen and oxygen atoms in total. The van der Waals surface area contributed by atoms with Crippen molar-refractivity contribution in [2.75, 3.05) is 0 Å². The highest BCUT2D eigenvalue weighted by atomic mass is 14.8. The minimum absolute atomic E-state index is 0.525. The lowest BCUT2D eigenvalue weighted by molar-refractivity contribution is -0.111. The van der Waals surface area contributed by atoms with E-state index in [1.54, 1.807) is 6.21 Å². The number of hydrogen-bond donors (Lipinski definition) is 3. The van der Waals surface area contributed by atoms with Crippen molar-refractivity contribution in [1.82, 2.24) is 0 Å². The van der Waals surface area contributed by atoms with Crippen LogP contribution in [-0.2, 0) is 11.1 Å². The average molecular weight is 354 g/mol. The van der Waals surface area contributed by atoms with E-state index >= 15 is 0 Å². The summed E-state index contributed by atoms with van der Waals surface area (Å²) in [6, 6.07) is 17.4. The Labute approximate surface area is 159 Å². The fraction of sp³-hybridized carbons (Fsp3) is 0.208. The number of benzene rings is 3. The Hall–Kier alpha value is -2.75. The third-order valence-electron chi connectivity index (χ3n) is 6.36. The van der Waals surface area contributed by atoms with Crippen LogP contribution in [0.3, 0.4) is 0 Å². The summed E-state index contributed by atoms with van der Waals surface area (Å²) < 4.78 is 0. The normalized spacial score (nSPS) is 24.2. The predicted octanol–water partition coefficient (Wildman–Crippen LogP) is 2.52. The highest BCUT2D eigenvalue weighted by molar-refractivity contribution is 5.95. The summed E-state index contributed by atoms with van der Waals surface area (Å²) in [6.07, 6.45) is 1.62. The molecule has 0 heterocycles. The van der Waals surface area contributed by atoms with Crippen LogP contribution in [0.2, 0.25) is 0 Å². The molecular weight excluding hydrogens is 330 g/mol. The lowest BCUT2D eigenvalue weighted by Crippen LogP contribution is -2.49. The summed E-state index contributed by atoms with van der Waals surface area (Å²) in [5.41, 5.74) is 23.8. The standard InChI is InChI=1S/C24H23N3/c1-13-4-6-15-17-11-22-18(10-20(17)23(3,26)19(15)8-13)16-7-5-14(2)9-21(16)24(22,27)12-25/h4-12,25H,26-27H2,1-3H3/p+1. The fourth-order valence-electron chi connectivity index (χ4n) is 4.84. The molecule has 0 bridgehead atoms. The number of aryl methyl sites for hydroxylation is 2. The first-order valence-electron chi connectivity index (χ1n) is 9.33. The molecule has 0 saturated carbocycles. The SMILES string of the molecule is Cc1ccc2c(c1)C(C)(N)c1cc3c(cc1-2)C(N)(C=[NH2+])c1cc(C)ccc1-3. The van der Waals surface area contributed by atoms with Crippen molar-refractivity contribution >= 4 is 6.21 Å². The van der Waals surface area contributed by atoms with Gasteiger partial charge in [0.25, 0.3) is 0 Å². The number of hydrogen-bond acceptors (Lipinski definition) is 2. The Morgan fingerprint density at radius 2 is 1.15 bits per heavy atom. The van der Waals surface area contributed by atoms with Crippen LogP contribution in [0.1, 0.15) is 40.3 Å². The van der Waals surface area contributed by atoms with Gasteiger partial charge in [-0.15, -0.1) is 0 Å². The molecule has 2 atom stereocenters. The molecular formula is C24H24N3+. The summed E-state index contributed by atoms with van der Waals surface area (Å²) in [4.78, 5) is 0. The maximum atomic E-state index is 6.84. The molecule has 6 N–H and O–H groups in total. The van der Waals surface area contributed by atoms with E-state index in [9.17, 15) is 0 Å². The van der Waals surface area contributed by atoms with Crippen molar-refractivity contribution in [1.29, 1.82) is 0 Å². The van der Waals surface area contributed by atoms with E-state index in [-0.39, 0.29) is 0 Å². The first-order valence-corrected chi connectivity index (χ1v) is 9.33. The van der Waals surface area contributed by atoms with Gasteiger partial charge >= 0.3 is 0 Å². The highest BCUT2D eigenvalue weighted by Crippen LogP contribution is 2.53. The molecule has 0 radical (unpaired) electrons. The molecule has 5 rings (SSSR count). The van der Waals surface area contributed by atoms with Crippen LogP contribution in [0.25, 0.3) is 22.3 Å². The largest absolute Gasteiger partial charge is 0.318 e. The first-order chi connectivity index (χ1) is 12.8. The van der Waals surface area contributed by atoms with Crippen molar-refractivity contribution in [3.63, 3.8) is 0 Å². The van der Waals surface area contributed by atoms with E-state index in [1.165, 1.54) is 22.3 Å². The van der Waals surface area contributed by atoms with Crippen molar-refractivity contribution in [2.45, 2.75) is 31.8 Å². The van der Waals surface area contributed by atoms with Crippen LogP contribution in [0.15, 0.2) is 48.5 Å². The Morgan fingerprint density at radius 1 is 0.704 bits per heavy atom. The molecule has 3 aromatic carbocycles. The van der Waals surface area contributed by atoms with Gasteiger partial charge < -0.3 is 11.5 Å². The Morgan fingerprint density at radius 3 is 1.78 bits per heavy atom. The molecule has 3 aromatic rings. The van der Waals surface area contributed by atoms with E-state index < -0.39 is 11.1 Å². The summed E-state index contributed by atoms with van der Waals surface area (Å²) in [5.74, 6) is 0. The smallest absolute Gasteiger partial charge is 0.165 e. The van der Waals surface area contributed by atoms with Gasteiger partial charge in [0, 0.05) is 0 Å². The first kappa shape index (κ1) is 16.4. The second-order valence-corrected chi connectivity index (χ2v) is 8.28. The number of nitrogens with two attached hydrogens (primary N) is 3. The maximum absolute atomic E-state index is 6.84. The van der Waals surface area contributed by atoms with E-state index in [4.69, 9.17) is 16.9 Å². The Balaban J connectivity index is 1.86. The molecule has 0 amide bonds. The van der Waals surface area contributed by atoms with Crippen LogP contribution >= 0.6 is 0 Å². The van der Waals surface area contributed by atoms with E-state index in [0.29, 0.717) is 0 Å². The molecule has 0 saturated heterocycles. The number of fused-ring (bicyclic) bond motifs is 6. The van der Waals surface area contributed by atoms with Gasteiger partial charge in [0.05, 0.1) is 5.54 Å². The topological polar surface area (TPSA) is 77.6 Å². The monoisotopic (exact) mass is 354 g/mol. The van der Waals surface area contributed by atoms with Gasteiger partial charge in [-0.2, -0.15) is 0 Å². The van der Waals surface area contributed by atoms with Crippen LogP contribution in [0.4, 0.5) is 0 Å². The zero-order chi connectivity index (χ0) is 19.1. The molecule has 3 heteroatoms. The second kappa shape index (κ2) is 4.94. The molecule has 0 fully saturated rings.